The Labute approximate surface area is 117 Å². The zero-order chi connectivity index (χ0) is 13.5. The van der Waals surface area contributed by atoms with Crippen molar-refractivity contribution in [3.05, 3.63) is 24.4 Å². The zero-order valence-electron chi connectivity index (χ0n) is 11.2. The van der Waals surface area contributed by atoms with Crippen molar-refractivity contribution in [1.82, 2.24) is 15.2 Å². The number of hydrogen-bond donors (Lipinski definition) is 1. The third-order valence-corrected chi connectivity index (χ3v) is 3.26. The molecular weight excluding hydrogens is 260 g/mol. The molecule has 0 saturated carbocycles. The smallest absolute Gasteiger partial charge is 0.206 e. The van der Waals surface area contributed by atoms with Gasteiger partial charge in [-0.1, -0.05) is 17.4 Å². The number of anilines is 1. The van der Waals surface area contributed by atoms with Crippen molar-refractivity contribution >= 4 is 16.5 Å². The van der Waals surface area contributed by atoms with Gasteiger partial charge in [0.15, 0.2) is 5.01 Å². The van der Waals surface area contributed by atoms with Gasteiger partial charge < -0.3 is 10.1 Å². The summed E-state index contributed by atoms with van der Waals surface area (Å²) in [6, 6.07) is 5.76. The Kier molecular flexibility index (Phi) is 5.23. The molecule has 2 aromatic heterocycles. The van der Waals surface area contributed by atoms with E-state index in [1.54, 1.807) is 6.20 Å². The number of aromatic nitrogens is 3. The standard InChI is InChI=1S/C13H18N4OS/c1-10(2)18-9-5-8-15-13-17-16-12(19-13)11-6-3-4-7-14-11/h3-4,6-7,10H,5,8-9H2,1-2H3,(H,15,17). The van der Waals surface area contributed by atoms with Gasteiger partial charge in [0.05, 0.1) is 6.10 Å². The Bertz CT molecular complexity index is 486. The Morgan fingerprint density at radius 3 is 2.95 bits per heavy atom. The van der Waals surface area contributed by atoms with Crippen LogP contribution in [-0.4, -0.2) is 34.4 Å². The predicted octanol–water partition coefficient (Wildman–Crippen LogP) is 2.83. The van der Waals surface area contributed by atoms with Crippen LogP contribution in [-0.2, 0) is 4.74 Å². The number of nitrogens with one attached hydrogen (secondary N) is 1. The maximum Gasteiger partial charge on any atom is 0.206 e. The first-order valence-corrected chi connectivity index (χ1v) is 7.18. The van der Waals surface area contributed by atoms with E-state index >= 15 is 0 Å². The van der Waals surface area contributed by atoms with Gasteiger partial charge in [-0.2, -0.15) is 0 Å². The Balaban J connectivity index is 1.78. The molecule has 2 rings (SSSR count). The summed E-state index contributed by atoms with van der Waals surface area (Å²) in [4.78, 5) is 4.25. The second-order valence-electron chi connectivity index (χ2n) is 4.33. The van der Waals surface area contributed by atoms with Crippen LogP contribution < -0.4 is 5.32 Å². The highest BCUT2D eigenvalue weighted by Crippen LogP contribution is 2.24. The SMILES string of the molecule is CC(C)OCCCNc1nnc(-c2ccccn2)s1. The molecular formula is C13H18N4OS. The van der Waals surface area contributed by atoms with E-state index in [0.29, 0.717) is 0 Å². The predicted molar refractivity (Wildman–Crippen MR) is 77.3 cm³/mol. The van der Waals surface area contributed by atoms with Crippen LogP contribution in [0.25, 0.3) is 10.7 Å². The molecule has 0 aromatic carbocycles. The molecule has 0 spiro atoms. The van der Waals surface area contributed by atoms with Crippen LogP contribution in [0.5, 0.6) is 0 Å². The van der Waals surface area contributed by atoms with E-state index in [9.17, 15) is 0 Å². The molecule has 0 aliphatic rings. The number of ether oxygens (including phenoxy) is 1. The first kappa shape index (κ1) is 13.9. The van der Waals surface area contributed by atoms with Crippen molar-refractivity contribution in [1.29, 1.82) is 0 Å². The molecule has 5 nitrogen and oxygen atoms in total. The van der Waals surface area contributed by atoms with Gasteiger partial charge in [0.25, 0.3) is 0 Å². The van der Waals surface area contributed by atoms with Gasteiger partial charge in [-0.15, -0.1) is 10.2 Å². The normalized spacial score (nSPS) is 10.9. The lowest BCUT2D eigenvalue weighted by atomic mass is 10.4. The lowest BCUT2D eigenvalue weighted by Crippen LogP contribution is -2.09. The van der Waals surface area contributed by atoms with Crippen LogP contribution in [0.4, 0.5) is 5.13 Å². The highest BCUT2D eigenvalue weighted by Gasteiger charge is 2.06. The monoisotopic (exact) mass is 278 g/mol. The van der Waals surface area contributed by atoms with E-state index in [0.717, 1.165) is 35.4 Å². The molecule has 0 bridgehead atoms. The van der Waals surface area contributed by atoms with E-state index < -0.39 is 0 Å². The third kappa shape index (κ3) is 4.57. The highest BCUT2D eigenvalue weighted by atomic mass is 32.1. The van der Waals surface area contributed by atoms with Crippen LogP contribution in [0.3, 0.4) is 0 Å². The quantitative estimate of drug-likeness (QED) is 0.789. The lowest BCUT2D eigenvalue weighted by Gasteiger charge is -2.06. The molecule has 0 radical (unpaired) electrons. The third-order valence-electron chi connectivity index (χ3n) is 2.36. The largest absolute Gasteiger partial charge is 0.379 e. The molecule has 0 amide bonds. The average molecular weight is 278 g/mol. The first-order valence-electron chi connectivity index (χ1n) is 6.36. The molecule has 0 aliphatic carbocycles. The van der Waals surface area contributed by atoms with Crippen molar-refractivity contribution in [2.45, 2.75) is 26.4 Å². The summed E-state index contributed by atoms with van der Waals surface area (Å²) >= 11 is 1.51. The van der Waals surface area contributed by atoms with Crippen LogP contribution in [0, 0.1) is 0 Å². The molecule has 1 N–H and O–H groups in total. The van der Waals surface area contributed by atoms with E-state index in [1.807, 2.05) is 32.0 Å². The van der Waals surface area contributed by atoms with Gasteiger partial charge in [-0.25, -0.2) is 0 Å². The molecule has 2 aromatic rings. The van der Waals surface area contributed by atoms with Crippen LogP contribution >= 0.6 is 11.3 Å². The molecule has 6 heteroatoms. The summed E-state index contributed by atoms with van der Waals surface area (Å²) < 4.78 is 5.47. The number of rotatable bonds is 7. The second kappa shape index (κ2) is 7.16. The molecule has 2 heterocycles. The minimum atomic E-state index is 0.289. The summed E-state index contributed by atoms with van der Waals surface area (Å²) in [5, 5.41) is 13.1. The van der Waals surface area contributed by atoms with E-state index in [4.69, 9.17) is 4.74 Å². The number of pyridine rings is 1. The Hall–Kier alpha value is -1.53. The second-order valence-corrected chi connectivity index (χ2v) is 5.30. The number of nitrogens with zero attached hydrogens (tertiary/aromatic N) is 3. The van der Waals surface area contributed by atoms with E-state index in [-0.39, 0.29) is 6.10 Å². The van der Waals surface area contributed by atoms with Crippen molar-refractivity contribution in [2.75, 3.05) is 18.5 Å². The fourth-order valence-electron chi connectivity index (χ4n) is 1.47. The Morgan fingerprint density at radius 1 is 1.32 bits per heavy atom. The van der Waals surface area contributed by atoms with Crippen LogP contribution in [0.15, 0.2) is 24.4 Å². The van der Waals surface area contributed by atoms with Crippen LogP contribution in [0.1, 0.15) is 20.3 Å². The fourth-order valence-corrected chi connectivity index (χ4v) is 2.22. The molecule has 0 aliphatic heterocycles. The van der Waals surface area contributed by atoms with Crippen molar-refractivity contribution in [3.8, 4) is 10.7 Å². The minimum Gasteiger partial charge on any atom is -0.379 e. The summed E-state index contributed by atoms with van der Waals surface area (Å²) in [6.07, 6.45) is 3.00. The summed E-state index contributed by atoms with van der Waals surface area (Å²) in [6.45, 7) is 5.68. The lowest BCUT2D eigenvalue weighted by molar-refractivity contribution is 0.0787. The first-order chi connectivity index (χ1) is 9.25. The maximum atomic E-state index is 5.47. The molecule has 0 saturated heterocycles. The Morgan fingerprint density at radius 2 is 2.21 bits per heavy atom. The van der Waals surface area contributed by atoms with Crippen molar-refractivity contribution in [3.63, 3.8) is 0 Å². The van der Waals surface area contributed by atoms with Gasteiger partial charge >= 0.3 is 0 Å². The van der Waals surface area contributed by atoms with Gasteiger partial charge in [0, 0.05) is 19.3 Å². The topological polar surface area (TPSA) is 59.9 Å². The number of hydrogen-bond acceptors (Lipinski definition) is 6. The molecule has 0 fully saturated rings. The van der Waals surface area contributed by atoms with Crippen molar-refractivity contribution < 1.29 is 4.74 Å². The van der Waals surface area contributed by atoms with Gasteiger partial charge in [0.1, 0.15) is 5.69 Å². The molecule has 0 atom stereocenters. The van der Waals surface area contributed by atoms with Gasteiger partial charge in [-0.05, 0) is 32.4 Å². The summed E-state index contributed by atoms with van der Waals surface area (Å²) in [5.74, 6) is 0. The molecule has 102 valence electrons. The van der Waals surface area contributed by atoms with Crippen LogP contribution in [0.2, 0.25) is 0 Å². The van der Waals surface area contributed by atoms with Gasteiger partial charge in [0.2, 0.25) is 5.13 Å². The summed E-state index contributed by atoms with van der Waals surface area (Å²) in [5.41, 5.74) is 0.858. The van der Waals surface area contributed by atoms with E-state index in [1.165, 1.54) is 11.3 Å². The maximum absolute atomic E-state index is 5.47. The molecule has 19 heavy (non-hydrogen) atoms. The zero-order valence-corrected chi connectivity index (χ0v) is 12.0. The van der Waals surface area contributed by atoms with E-state index in [2.05, 4.69) is 20.5 Å². The average Bonchev–Trinajstić information content (AvgIpc) is 2.88. The highest BCUT2D eigenvalue weighted by molar-refractivity contribution is 7.18. The summed E-state index contributed by atoms with van der Waals surface area (Å²) in [7, 11) is 0. The van der Waals surface area contributed by atoms with Gasteiger partial charge in [-0.3, -0.25) is 4.98 Å². The van der Waals surface area contributed by atoms with Crippen molar-refractivity contribution in [2.24, 2.45) is 0 Å². The molecule has 0 unspecified atom stereocenters. The fraction of sp³-hybridized carbons (Fsp3) is 0.462. The minimum absolute atomic E-state index is 0.289.